The molecule has 2 aromatic carbocycles. The summed E-state index contributed by atoms with van der Waals surface area (Å²) < 4.78 is 13.1. The zero-order valence-corrected chi connectivity index (χ0v) is 14.1. The van der Waals surface area contributed by atoms with Crippen molar-refractivity contribution in [1.29, 1.82) is 0 Å². The van der Waals surface area contributed by atoms with E-state index in [9.17, 15) is 14.3 Å². The number of carboxylic acids is 1. The summed E-state index contributed by atoms with van der Waals surface area (Å²) in [5.74, 6) is -1.17. The minimum absolute atomic E-state index is 0.279. The predicted octanol–water partition coefficient (Wildman–Crippen LogP) is 5.00. The molecule has 0 spiro atoms. The van der Waals surface area contributed by atoms with E-state index in [-0.39, 0.29) is 5.82 Å². The van der Waals surface area contributed by atoms with Crippen LogP contribution in [0.25, 0.3) is 21.9 Å². The standard InChI is InChI=1S/C19H16FNO2S/c1-19(2,18(22)23)24-17-9-10-21-11-15(17)13-7-8-16(20)14-6-4-3-5-12(13)14/h3-11H,1-2H3,(H,22,23). The monoisotopic (exact) mass is 341 g/mol. The van der Waals surface area contributed by atoms with Gasteiger partial charge in [0.05, 0.1) is 0 Å². The number of hydrogen-bond donors (Lipinski definition) is 1. The highest BCUT2D eigenvalue weighted by Gasteiger charge is 2.29. The van der Waals surface area contributed by atoms with Gasteiger partial charge in [0.15, 0.2) is 0 Å². The lowest BCUT2D eigenvalue weighted by molar-refractivity contribution is -0.138. The lowest BCUT2D eigenvalue weighted by Gasteiger charge is -2.20. The van der Waals surface area contributed by atoms with Gasteiger partial charge in [0.2, 0.25) is 0 Å². The zero-order valence-electron chi connectivity index (χ0n) is 13.3. The number of aromatic nitrogens is 1. The van der Waals surface area contributed by atoms with Crippen LogP contribution in [0.4, 0.5) is 4.39 Å². The molecule has 0 fully saturated rings. The number of halogens is 1. The summed E-state index contributed by atoms with van der Waals surface area (Å²) in [5, 5.41) is 10.7. The van der Waals surface area contributed by atoms with E-state index in [1.54, 1.807) is 50.5 Å². The third kappa shape index (κ3) is 2.99. The Morgan fingerprint density at radius 1 is 1.08 bits per heavy atom. The van der Waals surface area contributed by atoms with Crippen LogP contribution in [0.2, 0.25) is 0 Å². The maximum atomic E-state index is 14.1. The summed E-state index contributed by atoms with van der Waals surface area (Å²) in [7, 11) is 0. The largest absolute Gasteiger partial charge is 0.480 e. The second-order valence-corrected chi connectivity index (χ2v) is 7.59. The molecule has 1 N–H and O–H groups in total. The molecular weight excluding hydrogens is 325 g/mol. The van der Waals surface area contributed by atoms with Gasteiger partial charge in [0.25, 0.3) is 0 Å². The summed E-state index contributed by atoms with van der Waals surface area (Å²) in [5.41, 5.74) is 1.64. The van der Waals surface area contributed by atoms with Crippen molar-refractivity contribution in [2.45, 2.75) is 23.5 Å². The molecule has 24 heavy (non-hydrogen) atoms. The molecule has 0 radical (unpaired) electrons. The number of aliphatic carboxylic acids is 1. The highest BCUT2D eigenvalue weighted by molar-refractivity contribution is 8.01. The van der Waals surface area contributed by atoms with Gasteiger partial charge in [0, 0.05) is 28.2 Å². The van der Waals surface area contributed by atoms with Gasteiger partial charge in [-0.05, 0) is 36.9 Å². The van der Waals surface area contributed by atoms with E-state index in [0.29, 0.717) is 5.39 Å². The Bertz CT molecular complexity index is 924. The number of thioether (sulfide) groups is 1. The fraction of sp³-hybridized carbons (Fsp3) is 0.158. The molecule has 3 aromatic rings. The van der Waals surface area contributed by atoms with Crippen LogP contribution < -0.4 is 0 Å². The minimum atomic E-state index is -0.980. The average Bonchev–Trinajstić information content (AvgIpc) is 2.56. The van der Waals surface area contributed by atoms with E-state index in [4.69, 9.17) is 0 Å². The van der Waals surface area contributed by atoms with Crippen LogP contribution >= 0.6 is 11.8 Å². The first-order valence-corrected chi connectivity index (χ1v) is 8.26. The van der Waals surface area contributed by atoms with Gasteiger partial charge in [0.1, 0.15) is 10.6 Å². The van der Waals surface area contributed by atoms with Gasteiger partial charge < -0.3 is 5.11 Å². The SMILES string of the molecule is CC(C)(Sc1ccncc1-c1ccc(F)c2ccccc12)C(=O)O. The summed E-state index contributed by atoms with van der Waals surface area (Å²) in [6, 6.07) is 12.2. The molecule has 122 valence electrons. The Labute approximate surface area is 143 Å². The van der Waals surface area contributed by atoms with Crippen molar-refractivity contribution in [3.63, 3.8) is 0 Å². The number of carboxylic acid groups (broad SMARTS) is 1. The van der Waals surface area contributed by atoms with Crippen molar-refractivity contribution >= 4 is 28.5 Å². The Morgan fingerprint density at radius 3 is 2.50 bits per heavy atom. The summed E-state index contributed by atoms with van der Waals surface area (Å²) in [6.45, 7) is 3.32. The summed E-state index contributed by atoms with van der Waals surface area (Å²) in [4.78, 5) is 16.4. The van der Waals surface area contributed by atoms with Crippen LogP contribution in [-0.2, 0) is 4.79 Å². The summed E-state index contributed by atoms with van der Waals surface area (Å²) >= 11 is 1.25. The van der Waals surface area contributed by atoms with Crippen molar-refractivity contribution in [2.24, 2.45) is 0 Å². The first-order valence-electron chi connectivity index (χ1n) is 7.44. The van der Waals surface area contributed by atoms with Gasteiger partial charge in [-0.15, -0.1) is 11.8 Å². The zero-order chi connectivity index (χ0) is 17.3. The number of rotatable bonds is 4. The van der Waals surface area contributed by atoms with E-state index in [0.717, 1.165) is 21.4 Å². The minimum Gasteiger partial charge on any atom is -0.480 e. The van der Waals surface area contributed by atoms with Crippen LogP contribution in [0.3, 0.4) is 0 Å². The molecular formula is C19H16FNO2S. The van der Waals surface area contributed by atoms with E-state index in [1.807, 2.05) is 12.1 Å². The van der Waals surface area contributed by atoms with Gasteiger partial charge >= 0.3 is 5.97 Å². The van der Waals surface area contributed by atoms with Gasteiger partial charge in [-0.1, -0.05) is 30.3 Å². The highest BCUT2D eigenvalue weighted by Crippen LogP contribution is 2.40. The van der Waals surface area contributed by atoms with Crippen LogP contribution in [-0.4, -0.2) is 20.8 Å². The number of pyridine rings is 1. The quantitative estimate of drug-likeness (QED) is 0.679. The number of nitrogens with zero attached hydrogens (tertiary/aromatic N) is 1. The number of benzene rings is 2. The molecule has 0 unspecified atom stereocenters. The Hall–Kier alpha value is -2.40. The molecule has 3 rings (SSSR count). The molecule has 0 atom stereocenters. The smallest absolute Gasteiger partial charge is 0.319 e. The third-order valence-electron chi connectivity index (χ3n) is 3.82. The van der Waals surface area contributed by atoms with Gasteiger partial charge in [-0.25, -0.2) is 4.39 Å². The summed E-state index contributed by atoms with van der Waals surface area (Å²) in [6.07, 6.45) is 3.33. The molecule has 0 aliphatic carbocycles. The second kappa shape index (κ2) is 6.24. The molecule has 0 aliphatic heterocycles. The molecule has 0 aliphatic rings. The molecule has 0 saturated carbocycles. The van der Waals surface area contributed by atoms with Gasteiger partial charge in [-0.2, -0.15) is 0 Å². The first-order chi connectivity index (χ1) is 11.4. The van der Waals surface area contributed by atoms with Crippen molar-refractivity contribution in [1.82, 2.24) is 4.98 Å². The average molecular weight is 341 g/mol. The van der Waals surface area contributed by atoms with E-state index in [1.165, 1.54) is 17.8 Å². The number of carbonyl (C=O) groups is 1. The number of hydrogen-bond acceptors (Lipinski definition) is 3. The molecule has 0 bridgehead atoms. The predicted molar refractivity (Wildman–Crippen MR) is 94.7 cm³/mol. The highest BCUT2D eigenvalue weighted by atomic mass is 32.2. The first kappa shape index (κ1) is 16.5. The van der Waals surface area contributed by atoms with Crippen molar-refractivity contribution in [2.75, 3.05) is 0 Å². The lowest BCUT2D eigenvalue weighted by Crippen LogP contribution is -2.27. The third-order valence-corrected chi connectivity index (χ3v) is 5.08. The van der Waals surface area contributed by atoms with Crippen molar-refractivity contribution in [3.05, 3.63) is 60.7 Å². The fourth-order valence-electron chi connectivity index (χ4n) is 2.49. The van der Waals surface area contributed by atoms with E-state index < -0.39 is 10.7 Å². The molecule has 0 amide bonds. The maximum Gasteiger partial charge on any atom is 0.319 e. The van der Waals surface area contributed by atoms with Gasteiger partial charge in [-0.3, -0.25) is 9.78 Å². The number of fused-ring (bicyclic) bond motifs is 1. The fourth-order valence-corrected chi connectivity index (χ4v) is 3.53. The molecule has 5 heteroatoms. The Balaban J connectivity index is 2.19. The lowest BCUT2D eigenvalue weighted by atomic mass is 9.99. The van der Waals surface area contributed by atoms with Crippen molar-refractivity contribution < 1.29 is 14.3 Å². The van der Waals surface area contributed by atoms with E-state index in [2.05, 4.69) is 4.98 Å². The normalized spacial score (nSPS) is 11.6. The van der Waals surface area contributed by atoms with Crippen LogP contribution in [0.1, 0.15) is 13.8 Å². The van der Waals surface area contributed by atoms with Crippen molar-refractivity contribution in [3.8, 4) is 11.1 Å². The molecule has 3 nitrogen and oxygen atoms in total. The molecule has 1 aromatic heterocycles. The molecule has 1 heterocycles. The molecule has 0 saturated heterocycles. The van der Waals surface area contributed by atoms with Crippen LogP contribution in [0, 0.1) is 5.82 Å². The topological polar surface area (TPSA) is 50.2 Å². The van der Waals surface area contributed by atoms with E-state index >= 15 is 0 Å². The Morgan fingerprint density at radius 2 is 1.79 bits per heavy atom. The maximum absolute atomic E-state index is 14.1. The second-order valence-electron chi connectivity index (χ2n) is 5.93. The Kier molecular flexibility index (Phi) is 4.28. The van der Waals surface area contributed by atoms with Crippen LogP contribution in [0.15, 0.2) is 59.8 Å². The van der Waals surface area contributed by atoms with Crippen LogP contribution in [0.5, 0.6) is 0 Å².